The molecule has 3 aromatic rings. The van der Waals surface area contributed by atoms with Gasteiger partial charge in [-0.25, -0.2) is 4.39 Å². The molecule has 0 saturated heterocycles. The molecule has 3 heteroatoms. The third-order valence-electron chi connectivity index (χ3n) is 3.83. The molecule has 0 saturated carbocycles. The highest BCUT2D eigenvalue weighted by Gasteiger charge is 2.11. The number of halogens is 1. The fourth-order valence-corrected chi connectivity index (χ4v) is 2.60. The van der Waals surface area contributed by atoms with Crippen LogP contribution in [0.3, 0.4) is 0 Å². The first-order valence-corrected chi connectivity index (χ1v) is 7.37. The van der Waals surface area contributed by atoms with E-state index in [4.69, 9.17) is 6.42 Å². The van der Waals surface area contributed by atoms with E-state index >= 15 is 0 Å². The molecule has 1 atom stereocenters. The Bertz CT molecular complexity index is 894. The first-order chi connectivity index (χ1) is 11.1. The number of terminal acetylenes is 1. The second-order valence-electron chi connectivity index (χ2n) is 5.59. The summed E-state index contributed by atoms with van der Waals surface area (Å²) in [6, 6.07) is 12.8. The third kappa shape index (κ3) is 3.08. The lowest BCUT2D eigenvalue weighted by atomic mass is 10.0. The molecule has 0 amide bonds. The second-order valence-corrected chi connectivity index (χ2v) is 5.59. The van der Waals surface area contributed by atoms with Crippen molar-refractivity contribution in [3.8, 4) is 23.6 Å². The Kier molecular flexibility index (Phi) is 4.10. The highest BCUT2D eigenvalue weighted by Crippen LogP contribution is 2.28. The zero-order valence-electron chi connectivity index (χ0n) is 12.8. The molecule has 0 bridgehead atoms. The monoisotopic (exact) mass is 305 g/mol. The molecule has 114 valence electrons. The molecule has 2 nitrogen and oxygen atoms in total. The number of aliphatic hydroxyl groups excluding tert-OH is 1. The molecule has 23 heavy (non-hydrogen) atoms. The Morgan fingerprint density at radius 3 is 2.74 bits per heavy atom. The number of aliphatic hydroxyl groups is 1. The normalized spacial score (nSPS) is 12.1. The average molecular weight is 305 g/mol. The number of hydrogen-bond acceptors (Lipinski definition) is 2. The minimum Gasteiger partial charge on any atom is -0.380 e. The van der Waals surface area contributed by atoms with Crippen LogP contribution in [0.1, 0.15) is 11.1 Å². The minimum absolute atomic E-state index is 0.272. The van der Waals surface area contributed by atoms with E-state index in [0.29, 0.717) is 23.1 Å². The molecule has 0 aliphatic rings. The summed E-state index contributed by atoms with van der Waals surface area (Å²) in [4.78, 5) is 4.30. The maximum atomic E-state index is 14.7. The van der Waals surface area contributed by atoms with Gasteiger partial charge in [-0.2, -0.15) is 0 Å². The number of nitrogens with zero attached hydrogens (tertiary/aromatic N) is 1. The minimum atomic E-state index is -0.830. The number of aryl methyl sites for hydroxylation is 1. The maximum Gasteiger partial charge on any atom is 0.140 e. The van der Waals surface area contributed by atoms with Crippen LogP contribution >= 0.6 is 0 Å². The zero-order valence-corrected chi connectivity index (χ0v) is 12.8. The Hall–Kier alpha value is -2.70. The molecule has 3 rings (SSSR count). The van der Waals surface area contributed by atoms with E-state index in [-0.39, 0.29) is 5.82 Å². The Balaban J connectivity index is 1.99. The SMILES string of the molecule is C#CC(O)Cc1ccc(-c2ccc3cc(C)ccc3c2F)nc1. The second kappa shape index (κ2) is 6.20. The van der Waals surface area contributed by atoms with Crippen molar-refractivity contribution < 1.29 is 9.50 Å². The molecule has 1 N–H and O–H groups in total. The lowest BCUT2D eigenvalue weighted by Gasteiger charge is -2.08. The first kappa shape index (κ1) is 15.2. The first-order valence-electron chi connectivity index (χ1n) is 7.37. The third-order valence-corrected chi connectivity index (χ3v) is 3.83. The molecule has 0 spiro atoms. The van der Waals surface area contributed by atoms with E-state index in [1.165, 1.54) is 0 Å². The van der Waals surface area contributed by atoms with Gasteiger partial charge in [-0.05, 0) is 30.0 Å². The van der Waals surface area contributed by atoms with Crippen LogP contribution in [-0.2, 0) is 6.42 Å². The molecule has 0 aliphatic carbocycles. The van der Waals surface area contributed by atoms with Gasteiger partial charge in [-0.3, -0.25) is 4.98 Å². The van der Waals surface area contributed by atoms with Gasteiger partial charge in [0.05, 0.1) is 5.69 Å². The standard InChI is InChI=1S/C20H16FNO/c1-3-16(23)11-14-5-9-19(22-12-14)18-8-6-15-10-13(2)4-7-17(15)20(18)21/h1,4-10,12,16,23H,11H2,2H3. The highest BCUT2D eigenvalue weighted by molar-refractivity contribution is 5.88. The predicted octanol–water partition coefficient (Wildman–Crippen LogP) is 3.89. The van der Waals surface area contributed by atoms with Crippen molar-refractivity contribution >= 4 is 10.8 Å². The van der Waals surface area contributed by atoms with Crippen LogP contribution in [0.4, 0.5) is 4.39 Å². The Morgan fingerprint density at radius 2 is 2.04 bits per heavy atom. The Labute approximate surface area is 134 Å². The molecular weight excluding hydrogens is 289 g/mol. The summed E-state index contributed by atoms with van der Waals surface area (Å²) >= 11 is 0. The fourth-order valence-electron chi connectivity index (χ4n) is 2.60. The molecule has 1 aromatic heterocycles. The molecule has 0 aliphatic heterocycles. The van der Waals surface area contributed by atoms with Gasteiger partial charge >= 0.3 is 0 Å². The van der Waals surface area contributed by atoms with Crippen molar-refractivity contribution in [3.05, 3.63) is 65.6 Å². The quantitative estimate of drug-likeness (QED) is 0.745. The van der Waals surface area contributed by atoms with E-state index < -0.39 is 6.10 Å². The number of hydrogen-bond donors (Lipinski definition) is 1. The van der Waals surface area contributed by atoms with Crippen molar-refractivity contribution in [1.82, 2.24) is 4.98 Å². The summed E-state index contributed by atoms with van der Waals surface area (Å²) in [6.45, 7) is 1.98. The maximum absolute atomic E-state index is 14.7. The number of pyridine rings is 1. The largest absolute Gasteiger partial charge is 0.380 e. The van der Waals surface area contributed by atoms with Gasteiger partial charge in [-0.15, -0.1) is 6.42 Å². The topological polar surface area (TPSA) is 33.1 Å². The van der Waals surface area contributed by atoms with Gasteiger partial charge < -0.3 is 5.11 Å². The van der Waals surface area contributed by atoms with Crippen LogP contribution in [0.15, 0.2) is 48.7 Å². The molecule has 1 unspecified atom stereocenters. The average Bonchev–Trinajstić information content (AvgIpc) is 2.56. The summed E-state index contributed by atoms with van der Waals surface area (Å²) in [5.74, 6) is 1.99. The highest BCUT2D eigenvalue weighted by atomic mass is 19.1. The van der Waals surface area contributed by atoms with Gasteiger partial charge in [0.2, 0.25) is 0 Å². The van der Waals surface area contributed by atoms with Crippen molar-refractivity contribution in [2.24, 2.45) is 0 Å². The van der Waals surface area contributed by atoms with Crippen molar-refractivity contribution in [2.45, 2.75) is 19.4 Å². The number of fused-ring (bicyclic) bond motifs is 1. The molecule has 1 heterocycles. The van der Waals surface area contributed by atoms with Gasteiger partial charge in [0, 0.05) is 23.6 Å². The lowest BCUT2D eigenvalue weighted by molar-refractivity contribution is 0.233. The number of aromatic nitrogens is 1. The number of rotatable bonds is 3. The molecule has 2 aromatic carbocycles. The summed E-state index contributed by atoms with van der Waals surface area (Å²) in [5, 5.41) is 10.9. The van der Waals surface area contributed by atoms with Crippen LogP contribution in [0.25, 0.3) is 22.0 Å². The Morgan fingerprint density at radius 1 is 1.22 bits per heavy atom. The van der Waals surface area contributed by atoms with Gasteiger partial charge in [0.25, 0.3) is 0 Å². The summed E-state index contributed by atoms with van der Waals surface area (Å²) in [7, 11) is 0. The number of benzene rings is 2. The van der Waals surface area contributed by atoms with Crippen LogP contribution in [0.2, 0.25) is 0 Å². The summed E-state index contributed by atoms with van der Waals surface area (Å²) in [5.41, 5.74) is 2.93. The van der Waals surface area contributed by atoms with E-state index in [1.807, 2.05) is 31.2 Å². The molecule has 0 fully saturated rings. The van der Waals surface area contributed by atoms with E-state index in [0.717, 1.165) is 16.5 Å². The van der Waals surface area contributed by atoms with Crippen molar-refractivity contribution in [3.63, 3.8) is 0 Å². The fraction of sp³-hybridized carbons (Fsp3) is 0.150. The summed E-state index contributed by atoms with van der Waals surface area (Å²) < 4.78 is 14.7. The zero-order chi connectivity index (χ0) is 16.4. The summed E-state index contributed by atoms with van der Waals surface area (Å²) in [6.07, 6.45) is 6.28. The van der Waals surface area contributed by atoms with E-state index in [9.17, 15) is 9.50 Å². The van der Waals surface area contributed by atoms with E-state index in [2.05, 4.69) is 10.9 Å². The van der Waals surface area contributed by atoms with Crippen molar-refractivity contribution in [2.75, 3.05) is 0 Å². The van der Waals surface area contributed by atoms with Crippen LogP contribution in [0, 0.1) is 25.1 Å². The van der Waals surface area contributed by atoms with Gasteiger partial charge in [0.1, 0.15) is 11.9 Å². The van der Waals surface area contributed by atoms with Crippen LogP contribution < -0.4 is 0 Å². The molecule has 0 radical (unpaired) electrons. The van der Waals surface area contributed by atoms with Crippen LogP contribution in [0.5, 0.6) is 0 Å². The van der Waals surface area contributed by atoms with E-state index in [1.54, 1.807) is 24.4 Å². The smallest absolute Gasteiger partial charge is 0.140 e. The van der Waals surface area contributed by atoms with Crippen molar-refractivity contribution in [1.29, 1.82) is 0 Å². The van der Waals surface area contributed by atoms with Crippen LogP contribution in [-0.4, -0.2) is 16.2 Å². The van der Waals surface area contributed by atoms with Gasteiger partial charge in [0.15, 0.2) is 0 Å². The van der Waals surface area contributed by atoms with Gasteiger partial charge in [-0.1, -0.05) is 41.8 Å². The predicted molar refractivity (Wildman–Crippen MR) is 90.4 cm³/mol. The molecular formula is C20H16FNO. The lowest BCUT2D eigenvalue weighted by Crippen LogP contribution is -2.06.